The standard InChI is InChI=1S/C10H8BrFO/c11-8-1-2-9-7(5-8)3-4-10(9,12)6-13/h1-2,5-6H,3-4H2. The van der Waals surface area contributed by atoms with Gasteiger partial charge in [0.05, 0.1) is 0 Å². The molecule has 0 saturated heterocycles. The van der Waals surface area contributed by atoms with Gasteiger partial charge in [0.15, 0.2) is 12.0 Å². The lowest BCUT2D eigenvalue weighted by Gasteiger charge is -2.11. The maximum absolute atomic E-state index is 13.8. The Hall–Kier alpha value is -0.700. The van der Waals surface area contributed by atoms with Gasteiger partial charge in [0, 0.05) is 4.47 Å². The summed E-state index contributed by atoms with van der Waals surface area (Å²) in [6.07, 6.45) is 1.33. The van der Waals surface area contributed by atoms with E-state index in [0.29, 0.717) is 18.3 Å². The van der Waals surface area contributed by atoms with Crippen molar-refractivity contribution in [2.75, 3.05) is 0 Å². The van der Waals surface area contributed by atoms with Gasteiger partial charge >= 0.3 is 0 Å². The zero-order valence-electron chi connectivity index (χ0n) is 6.89. The number of carbonyl (C=O) groups is 1. The number of rotatable bonds is 1. The largest absolute Gasteiger partial charge is 0.299 e. The Morgan fingerprint density at radius 2 is 2.31 bits per heavy atom. The van der Waals surface area contributed by atoms with Crippen molar-refractivity contribution in [1.29, 1.82) is 0 Å². The van der Waals surface area contributed by atoms with Crippen LogP contribution in [0.1, 0.15) is 17.5 Å². The lowest BCUT2D eigenvalue weighted by Crippen LogP contribution is -2.17. The molecule has 1 aromatic rings. The van der Waals surface area contributed by atoms with Crippen molar-refractivity contribution < 1.29 is 9.18 Å². The first kappa shape index (κ1) is 8.88. The van der Waals surface area contributed by atoms with E-state index in [1.807, 2.05) is 6.07 Å². The van der Waals surface area contributed by atoms with E-state index in [4.69, 9.17) is 0 Å². The lowest BCUT2D eigenvalue weighted by molar-refractivity contribution is -0.118. The molecule has 13 heavy (non-hydrogen) atoms. The van der Waals surface area contributed by atoms with Gasteiger partial charge in [0.2, 0.25) is 0 Å². The molecule has 1 nitrogen and oxygen atoms in total. The van der Waals surface area contributed by atoms with E-state index in [1.54, 1.807) is 12.1 Å². The Labute approximate surface area is 84.1 Å². The summed E-state index contributed by atoms with van der Waals surface area (Å²) in [7, 11) is 0. The van der Waals surface area contributed by atoms with Crippen LogP contribution in [0, 0.1) is 0 Å². The van der Waals surface area contributed by atoms with E-state index in [-0.39, 0.29) is 6.42 Å². The van der Waals surface area contributed by atoms with Crippen molar-refractivity contribution in [2.24, 2.45) is 0 Å². The molecule has 3 heteroatoms. The molecule has 0 radical (unpaired) electrons. The van der Waals surface area contributed by atoms with Gasteiger partial charge in [-0.05, 0) is 36.1 Å². The van der Waals surface area contributed by atoms with Gasteiger partial charge in [-0.3, -0.25) is 4.79 Å². The summed E-state index contributed by atoms with van der Waals surface area (Å²) in [4.78, 5) is 10.6. The summed E-state index contributed by atoms with van der Waals surface area (Å²) in [6.45, 7) is 0. The number of alkyl halides is 1. The molecule has 0 bridgehead atoms. The monoisotopic (exact) mass is 242 g/mol. The smallest absolute Gasteiger partial charge is 0.191 e. The second-order valence-corrected chi connectivity index (χ2v) is 4.20. The number of aldehydes is 1. The molecule has 0 heterocycles. The number of halogens is 2. The minimum absolute atomic E-state index is 0.280. The Kier molecular flexibility index (Phi) is 1.99. The maximum Gasteiger partial charge on any atom is 0.191 e. The van der Waals surface area contributed by atoms with Gasteiger partial charge in [-0.1, -0.05) is 22.0 Å². The molecule has 0 aromatic heterocycles. The SMILES string of the molecule is O=CC1(F)CCc2cc(Br)ccc21. The molecule has 1 aliphatic rings. The van der Waals surface area contributed by atoms with E-state index in [9.17, 15) is 9.18 Å². The van der Waals surface area contributed by atoms with Crippen LogP contribution in [0.4, 0.5) is 4.39 Å². The maximum atomic E-state index is 13.8. The van der Waals surface area contributed by atoms with Crippen LogP contribution in [0.3, 0.4) is 0 Å². The average molecular weight is 243 g/mol. The van der Waals surface area contributed by atoms with Crippen LogP contribution in [0.15, 0.2) is 22.7 Å². The first-order valence-electron chi connectivity index (χ1n) is 4.10. The van der Waals surface area contributed by atoms with Crippen molar-refractivity contribution in [1.82, 2.24) is 0 Å². The number of carbonyl (C=O) groups excluding carboxylic acids is 1. The highest BCUT2D eigenvalue weighted by molar-refractivity contribution is 9.10. The van der Waals surface area contributed by atoms with Gasteiger partial charge in [-0.25, -0.2) is 4.39 Å². The van der Waals surface area contributed by atoms with Crippen LogP contribution < -0.4 is 0 Å². The fourth-order valence-electron chi connectivity index (χ4n) is 1.75. The van der Waals surface area contributed by atoms with Crippen LogP contribution in [0.5, 0.6) is 0 Å². The van der Waals surface area contributed by atoms with E-state index >= 15 is 0 Å². The van der Waals surface area contributed by atoms with Crippen molar-refractivity contribution in [3.8, 4) is 0 Å². The Bertz CT molecular complexity index is 364. The zero-order valence-corrected chi connectivity index (χ0v) is 8.47. The molecule has 1 aliphatic carbocycles. The highest BCUT2D eigenvalue weighted by atomic mass is 79.9. The lowest BCUT2D eigenvalue weighted by atomic mass is 10.0. The molecule has 0 amide bonds. The van der Waals surface area contributed by atoms with E-state index in [2.05, 4.69) is 15.9 Å². The van der Waals surface area contributed by atoms with Gasteiger partial charge < -0.3 is 0 Å². The summed E-state index contributed by atoms with van der Waals surface area (Å²) in [5.74, 6) is 0. The van der Waals surface area contributed by atoms with Crippen LogP contribution in [0.2, 0.25) is 0 Å². The minimum Gasteiger partial charge on any atom is -0.299 e. The van der Waals surface area contributed by atoms with Crippen molar-refractivity contribution in [3.63, 3.8) is 0 Å². The van der Waals surface area contributed by atoms with Crippen LogP contribution in [-0.4, -0.2) is 6.29 Å². The van der Waals surface area contributed by atoms with Crippen LogP contribution in [0.25, 0.3) is 0 Å². The number of aryl methyl sites for hydroxylation is 1. The number of benzene rings is 1. The number of hydrogen-bond acceptors (Lipinski definition) is 1. The van der Waals surface area contributed by atoms with Crippen LogP contribution >= 0.6 is 15.9 Å². The summed E-state index contributed by atoms with van der Waals surface area (Å²) < 4.78 is 14.7. The molecule has 68 valence electrons. The summed E-state index contributed by atoms with van der Waals surface area (Å²) in [6, 6.07) is 5.32. The third kappa shape index (κ3) is 1.31. The number of fused-ring (bicyclic) bond motifs is 1. The molecular weight excluding hydrogens is 235 g/mol. The molecule has 0 spiro atoms. The Morgan fingerprint density at radius 1 is 1.54 bits per heavy atom. The highest BCUT2D eigenvalue weighted by Crippen LogP contribution is 2.39. The molecule has 0 saturated carbocycles. The third-order valence-corrected chi connectivity index (χ3v) is 2.95. The highest BCUT2D eigenvalue weighted by Gasteiger charge is 2.38. The first-order valence-corrected chi connectivity index (χ1v) is 4.89. The molecule has 1 aromatic carbocycles. The van der Waals surface area contributed by atoms with Gasteiger partial charge in [0.25, 0.3) is 0 Å². The summed E-state index contributed by atoms with van der Waals surface area (Å²) in [5.41, 5.74) is -0.273. The third-order valence-electron chi connectivity index (χ3n) is 2.46. The first-order chi connectivity index (χ1) is 6.15. The Balaban J connectivity index is 2.55. The van der Waals surface area contributed by atoms with E-state index in [1.165, 1.54) is 0 Å². The van der Waals surface area contributed by atoms with Gasteiger partial charge in [-0.2, -0.15) is 0 Å². The second-order valence-electron chi connectivity index (χ2n) is 3.28. The molecule has 0 fully saturated rings. The predicted molar refractivity (Wildman–Crippen MR) is 51.3 cm³/mol. The summed E-state index contributed by atoms with van der Waals surface area (Å²) in [5, 5.41) is 0. The predicted octanol–water partition coefficient (Wildman–Crippen LogP) is 2.76. The molecule has 2 rings (SSSR count). The average Bonchev–Trinajstić information content (AvgIpc) is 2.45. The van der Waals surface area contributed by atoms with Crippen molar-refractivity contribution >= 4 is 22.2 Å². The minimum atomic E-state index is -1.74. The zero-order chi connectivity index (χ0) is 9.47. The molecular formula is C10H8BrFO. The van der Waals surface area contributed by atoms with Gasteiger partial charge in [0.1, 0.15) is 0 Å². The molecule has 1 atom stereocenters. The van der Waals surface area contributed by atoms with E-state index < -0.39 is 5.67 Å². The number of hydrogen-bond donors (Lipinski definition) is 0. The van der Waals surface area contributed by atoms with Crippen molar-refractivity contribution in [2.45, 2.75) is 18.5 Å². The Morgan fingerprint density at radius 3 is 3.00 bits per heavy atom. The normalized spacial score (nSPS) is 25.7. The second kappa shape index (κ2) is 2.91. The summed E-state index contributed by atoms with van der Waals surface area (Å²) >= 11 is 3.31. The quantitative estimate of drug-likeness (QED) is 0.693. The topological polar surface area (TPSA) is 17.1 Å². The molecule has 1 unspecified atom stereocenters. The fraction of sp³-hybridized carbons (Fsp3) is 0.300. The van der Waals surface area contributed by atoms with Crippen LogP contribution in [-0.2, 0) is 16.9 Å². The molecule has 0 N–H and O–H groups in total. The van der Waals surface area contributed by atoms with Gasteiger partial charge in [-0.15, -0.1) is 0 Å². The molecule has 0 aliphatic heterocycles. The fourth-order valence-corrected chi connectivity index (χ4v) is 2.16. The van der Waals surface area contributed by atoms with E-state index in [0.717, 1.165) is 10.0 Å². The van der Waals surface area contributed by atoms with Crippen molar-refractivity contribution in [3.05, 3.63) is 33.8 Å².